The van der Waals surface area contributed by atoms with Gasteiger partial charge in [-0.25, -0.2) is 0 Å². The summed E-state index contributed by atoms with van der Waals surface area (Å²) in [6, 6.07) is 5.13. The number of carbonyl (C=O) groups is 1. The molecule has 4 nitrogen and oxygen atoms in total. The summed E-state index contributed by atoms with van der Waals surface area (Å²) in [7, 11) is 3.23. The van der Waals surface area contributed by atoms with Crippen molar-refractivity contribution in [2.75, 3.05) is 20.8 Å². The fourth-order valence-electron chi connectivity index (χ4n) is 1.40. The topological polar surface area (TPSA) is 44.8 Å². The van der Waals surface area contributed by atoms with Crippen molar-refractivity contribution in [1.29, 1.82) is 0 Å². The zero-order valence-electron chi connectivity index (χ0n) is 10.4. The molecule has 1 aromatic carbocycles. The molecule has 0 saturated carbocycles. The Balaban J connectivity index is 2.76. The van der Waals surface area contributed by atoms with Gasteiger partial charge in [-0.1, -0.05) is 0 Å². The molecular weight excluding hydrogens is 220 g/mol. The van der Waals surface area contributed by atoms with Gasteiger partial charge in [0.15, 0.2) is 6.29 Å². The van der Waals surface area contributed by atoms with E-state index in [-0.39, 0.29) is 6.10 Å². The zero-order chi connectivity index (χ0) is 12.7. The second-order valence-corrected chi connectivity index (χ2v) is 3.73. The van der Waals surface area contributed by atoms with Gasteiger partial charge in [0, 0.05) is 26.2 Å². The summed E-state index contributed by atoms with van der Waals surface area (Å²) in [6.07, 6.45) is 1.53. The van der Waals surface area contributed by atoms with Crippen LogP contribution in [0.4, 0.5) is 0 Å². The van der Waals surface area contributed by atoms with Crippen LogP contribution in [0, 0.1) is 0 Å². The number of hydrogen-bond donors (Lipinski definition) is 0. The molecule has 4 heteroatoms. The van der Waals surface area contributed by atoms with E-state index in [1.807, 2.05) is 6.92 Å². The summed E-state index contributed by atoms with van der Waals surface area (Å²) >= 11 is 0. The van der Waals surface area contributed by atoms with Crippen LogP contribution in [-0.2, 0) is 4.74 Å². The molecule has 1 aromatic rings. The van der Waals surface area contributed by atoms with E-state index in [1.54, 1.807) is 32.4 Å². The van der Waals surface area contributed by atoms with Gasteiger partial charge in [0.1, 0.15) is 11.5 Å². The van der Waals surface area contributed by atoms with Crippen molar-refractivity contribution in [3.63, 3.8) is 0 Å². The molecular formula is C13H18O4. The zero-order valence-corrected chi connectivity index (χ0v) is 10.4. The number of methoxy groups -OCH3 is 2. The molecule has 1 rings (SSSR count). The smallest absolute Gasteiger partial charge is 0.153 e. The largest absolute Gasteiger partial charge is 0.497 e. The van der Waals surface area contributed by atoms with Crippen LogP contribution in [0.25, 0.3) is 0 Å². The van der Waals surface area contributed by atoms with Crippen LogP contribution in [-0.4, -0.2) is 33.2 Å². The van der Waals surface area contributed by atoms with Crippen molar-refractivity contribution in [2.45, 2.75) is 19.4 Å². The van der Waals surface area contributed by atoms with Crippen molar-refractivity contribution < 1.29 is 19.0 Å². The number of aldehydes is 1. The first-order valence-electron chi connectivity index (χ1n) is 5.50. The van der Waals surface area contributed by atoms with Gasteiger partial charge in [-0.3, -0.25) is 4.79 Å². The number of carbonyl (C=O) groups excluding carboxylic acids is 1. The monoisotopic (exact) mass is 238 g/mol. The molecule has 17 heavy (non-hydrogen) atoms. The second-order valence-electron chi connectivity index (χ2n) is 3.73. The molecule has 0 fully saturated rings. The fourth-order valence-corrected chi connectivity index (χ4v) is 1.40. The summed E-state index contributed by atoms with van der Waals surface area (Å²) in [5.41, 5.74) is 0.523. The molecule has 0 aliphatic carbocycles. The minimum absolute atomic E-state index is 0.0132. The summed E-state index contributed by atoms with van der Waals surface area (Å²) in [5.74, 6) is 1.22. The molecule has 94 valence electrons. The highest BCUT2D eigenvalue weighted by Crippen LogP contribution is 2.24. The standard InChI is InChI=1S/C13H18O4/c1-10(6-7-15-2)17-13-8-12(16-3)5-4-11(13)9-14/h4-5,8-10H,6-7H2,1-3H3. The van der Waals surface area contributed by atoms with Crippen LogP contribution >= 0.6 is 0 Å². The molecule has 1 atom stereocenters. The molecule has 0 radical (unpaired) electrons. The molecule has 0 spiro atoms. The van der Waals surface area contributed by atoms with Crippen LogP contribution in [0.5, 0.6) is 11.5 Å². The maximum Gasteiger partial charge on any atom is 0.153 e. The predicted molar refractivity (Wildman–Crippen MR) is 65.0 cm³/mol. The van der Waals surface area contributed by atoms with Crippen LogP contribution in [0.15, 0.2) is 18.2 Å². The van der Waals surface area contributed by atoms with Gasteiger partial charge in [0.25, 0.3) is 0 Å². The lowest BCUT2D eigenvalue weighted by molar-refractivity contribution is 0.111. The normalized spacial score (nSPS) is 11.9. The first kappa shape index (κ1) is 13.5. The quantitative estimate of drug-likeness (QED) is 0.684. The third-order valence-electron chi connectivity index (χ3n) is 2.40. The number of ether oxygens (including phenoxy) is 3. The highest BCUT2D eigenvalue weighted by Gasteiger charge is 2.09. The van der Waals surface area contributed by atoms with E-state index in [1.165, 1.54) is 0 Å². The number of hydrogen-bond acceptors (Lipinski definition) is 4. The van der Waals surface area contributed by atoms with E-state index in [2.05, 4.69) is 0 Å². The van der Waals surface area contributed by atoms with Gasteiger partial charge >= 0.3 is 0 Å². The average Bonchev–Trinajstić information content (AvgIpc) is 2.36. The maximum atomic E-state index is 10.9. The molecule has 0 amide bonds. The summed E-state index contributed by atoms with van der Waals surface area (Å²) in [6.45, 7) is 2.56. The van der Waals surface area contributed by atoms with Crippen molar-refractivity contribution in [3.8, 4) is 11.5 Å². The van der Waals surface area contributed by atoms with Gasteiger partial charge in [-0.2, -0.15) is 0 Å². The molecule has 0 heterocycles. The van der Waals surface area contributed by atoms with E-state index in [4.69, 9.17) is 14.2 Å². The minimum atomic E-state index is -0.0132. The molecule has 1 unspecified atom stereocenters. The van der Waals surface area contributed by atoms with Crippen molar-refractivity contribution in [3.05, 3.63) is 23.8 Å². The molecule has 0 aromatic heterocycles. The summed E-state index contributed by atoms with van der Waals surface area (Å²) in [4.78, 5) is 10.9. The third kappa shape index (κ3) is 4.07. The SMILES string of the molecule is COCCC(C)Oc1cc(OC)ccc1C=O. The predicted octanol–water partition coefficient (Wildman–Crippen LogP) is 2.31. The van der Waals surface area contributed by atoms with Crippen molar-refractivity contribution in [2.24, 2.45) is 0 Å². The summed E-state index contributed by atoms with van der Waals surface area (Å²) < 4.78 is 15.8. The Labute approximate surface area is 101 Å². The van der Waals surface area contributed by atoms with Crippen LogP contribution in [0.1, 0.15) is 23.7 Å². The highest BCUT2D eigenvalue weighted by molar-refractivity contribution is 5.79. The lowest BCUT2D eigenvalue weighted by atomic mass is 10.2. The maximum absolute atomic E-state index is 10.9. The first-order valence-corrected chi connectivity index (χ1v) is 5.50. The van der Waals surface area contributed by atoms with Gasteiger partial charge in [-0.05, 0) is 19.1 Å². The minimum Gasteiger partial charge on any atom is -0.497 e. The lowest BCUT2D eigenvalue weighted by Gasteiger charge is -2.16. The Bertz CT molecular complexity index is 362. The lowest BCUT2D eigenvalue weighted by Crippen LogP contribution is -2.15. The van der Waals surface area contributed by atoms with Crippen LogP contribution < -0.4 is 9.47 Å². The van der Waals surface area contributed by atoms with Crippen LogP contribution in [0.3, 0.4) is 0 Å². The molecule has 0 bridgehead atoms. The van der Waals surface area contributed by atoms with E-state index in [9.17, 15) is 4.79 Å². The second kappa shape index (κ2) is 6.91. The van der Waals surface area contributed by atoms with Crippen molar-refractivity contribution >= 4 is 6.29 Å². The molecule has 0 aliphatic rings. The Morgan fingerprint density at radius 2 is 2.12 bits per heavy atom. The van der Waals surface area contributed by atoms with Gasteiger partial charge < -0.3 is 14.2 Å². The Hall–Kier alpha value is -1.55. The molecule has 0 saturated heterocycles. The Morgan fingerprint density at radius 3 is 2.71 bits per heavy atom. The van der Waals surface area contributed by atoms with E-state index in [0.717, 1.165) is 12.7 Å². The van der Waals surface area contributed by atoms with Crippen molar-refractivity contribution in [1.82, 2.24) is 0 Å². The van der Waals surface area contributed by atoms with Crippen LogP contribution in [0.2, 0.25) is 0 Å². The van der Waals surface area contributed by atoms with E-state index >= 15 is 0 Å². The first-order chi connectivity index (χ1) is 8.21. The van der Waals surface area contributed by atoms with E-state index in [0.29, 0.717) is 23.7 Å². The van der Waals surface area contributed by atoms with E-state index < -0.39 is 0 Å². The number of rotatable bonds is 7. The van der Waals surface area contributed by atoms with Gasteiger partial charge in [0.2, 0.25) is 0 Å². The molecule has 0 aliphatic heterocycles. The number of benzene rings is 1. The third-order valence-corrected chi connectivity index (χ3v) is 2.40. The van der Waals surface area contributed by atoms with Gasteiger partial charge in [0.05, 0.1) is 18.8 Å². The van der Waals surface area contributed by atoms with Gasteiger partial charge in [-0.15, -0.1) is 0 Å². The highest BCUT2D eigenvalue weighted by atomic mass is 16.5. The fraction of sp³-hybridized carbons (Fsp3) is 0.462. The Morgan fingerprint density at radius 1 is 1.35 bits per heavy atom. The molecule has 0 N–H and O–H groups in total. The summed E-state index contributed by atoms with van der Waals surface area (Å²) in [5, 5.41) is 0. The Kier molecular flexibility index (Phi) is 5.49. The average molecular weight is 238 g/mol.